The molecule has 0 aliphatic carbocycles. The van der Waals surface area contributed by atoms with Crippen molar-refractivity contribution in [2.45, 2.75) is 32.6 Å². The smallest absolute Gasteiger partial charge is 0.340 e. The standard InChI is InChI=1S/C23H25NO4S/c1-2-3-4-8-11-28-23(25)17-14-24-20(19(17)16-9-6-5-7-10-16)22-21-18(15-29-22)26-12-13-27-21/h5-7,9-10,14-15,24H,2-4,8,11-13H2,1H3. The number of aromatic nitrogens is 1. The van der Waals surface area contributed by atoms with Crippen molar-refractivity contribution >= 4 is 17.3 Å². The third kappa shape index (κ3) is 4.17. The van der Waals surface area contributed by atoms with Crippen molar-refractivity contribution in [3.63, 3.8) is 0 Å². The highest BCUT2D eigenvalue weighted by atomic mass is 32.1. The zero-order valence-electron chi connectivity index (χ0n) is 16.5. The fourth-order valence-corrected chi connectivity index (χ4v) is 4.42. The van der Waals surface area contributed by atoms with Crippen LogP contribution in [0, 0.1) is 0 Å². The normalized spacial score (nSPS) is 12.7. The third-order valence-electron chi connectivity index (χ3n) is 4.92. The van der Waals surface area contributed by atoms with Gasteiger partial charge in [0.1, 0.15) is 13.2 Å². The number of hydrogen-bond donors (Lipinski definition) is 1. The zero-order chi connectivity index (χ0) is 20.1. The van der Waals surface area contributed by atoms with Gasteiger partial charge in [0.2, 0.25) is 0 Å². The van der Waals surface area contributed by atoms with Crippen molar-refractivity contribution in [2.75, 3.05) is 19.8 Å². The lowest BCUT2D eigenvalue weighted by molar-refractivity contribution is 0.0499. The van der Waals surface area contributed by atoms with Gasteiger partial charge in [0.25, 0.3) is 0 Å². The van der Waals surface area contributed by atoms with Crippen molar-refractivity contribution in [3.05, 3.63) is 47.5 Å². The lowest BCUT2D eigenvalue weighted by atomic mass is 10.0. The molecule has 29 heavy (non-hydrogen) atoms. The number of benzene rings is 1. The molecule has 2 aromatic heterocycles. The molecular weight excluding hydrogens is 386 g/mol. The van der Waals surface area contributed by atoms with Crippen LogP contribution in [0.4, 0.5) is 0 Å². The van der Waals surface area contributed by atoms with Gasteiger partial charge in [-0.1, -0.05) is 56.5 Å². The number of esters is 1. The van der Waals surface area contributed by atoms with Crippen LogP contribution in [-0.2, 0) is 4.74 Å². The van der Waals surface area contributed by atoms with Gasteiger partial charge in [0.05, 0.1) is 22.7 Å². The molecule has 1 N–H and O–H groups in total. The van der Waals surface area contributed by atoms with Gasteiger partial charge in [-0.2, -0.15) is 0 Å². The van der Waals surface area contributed by atoms with Crippen molar-refractivity contribution in [1.29, 1.82) is 0 Å². The molecule has 1 aliphatic rings. The lowest BCUT2D eigenvalue weighted by Gasteiger charge is -2.16. The first-order valence-corrected chi connectivity index (χ1v) is 11.0. The molecule has 1 aromatic carbocycles. The van der Waals surface area contributed by atoms with Crippen LogP contribution >= 0.6 is 11.3 Å². The van der Waals surface area contributed by atoms with E-state index < -0.39 is 0 Å². The van der Waals surface area contributed by atoms with Gasteiger partial charge < -0.3 is 19.2 Å². The van der Waals surface area contributed by atoms with E-state index in [1.807, 2.05) is 35.7 Å². The summed E-state index contributed by atoms with van der Waals surface area (Å²) in [6.45, 7) is 3.68. The molecule has 0 atom stereocenters. The summed E-state index contributed by atoms with van der Waals surface area (Å²) in [7, 11) is 0. The summed E-state index contributed by atoms with van der Waals surface area (Å²) in [5.74, 6) is 1.19. The lowest BCUT2D eigenvalue weighted by Crippen LogP contribution is -2.14. The Hall–Kier alpha value is -2.73. The van der Waals surface area contributed by atoms with Gasteiger partial charge in [-0.25, -0.2) is 4.79 Å². The van der Waals surface area contributed by atoms with Gasteiger partial charge >= 0.3 is 5.97 Å². The highest BCUT2D eigenvalue weighted by Gasteiger charge is 2.27. The maximum absolute atomic E-state index is 12.8. The summed E-state index contributed by atoms with van der Waals surface area (Å²) < 4.78 is 17.1. The van der Waals surface area contributed by atoms with Crippen LogP contribution in [-0.4, -0.2) is 30.8 Å². The fourth-order valence-electron chi connectivity index (χ4n) is 3.47. The molecule has 0 bridgehead atoms. The van der Waals surface area contributed by atoms with Crippen molar-refractivity contribution in [1.82, 2.24) is 4.98 Å². The van der Waals surface area contributed by atoms with E-state index in [2.05, 4.69) is 11.9 Å². The number of aromatic amines is 1. The Morgan fingerprint density at radius 2 is 1.97 bits per heavy atom. The Morgan fingerprint density at radius 1 is 1.14 bits per heavy atom. The number of nitrogens with one attached hydrogen (secondary N) is 1. The summed E-state index contributed by atoms with van der Waals surface area (Å²) in [6, 6.07) is 9.90. The fraction of sp³-hybridized carbons (Fsp3) is 0.348. The first kappa shape index (κ1) is 19.6. The predicted molar refractivity (Wildman–Crippen MR) is 115 cm³/mol. The first-order valence-electron chi connectivity index (χ1n) is 10.1. The molecule has 0 unspecified atom stereocenters. The van der Waals surface area contributed by atoms with E-state index in [1.54, 1.807) is 17.5 Å². The molecule has 0 fully saturated rings. The number of ether oxygens (including phenoxy) is 3. The van der Waals surface area contributed by atoms with E-state index in [1.165, 1.54) is 0 Å². The maximum atomic E-state index is 12.8. The molecule has 0 amide bonds. The minimum Gasteiger partial charge on any atom is -0.485 e. The highest BCUT2D eigenvalue weighted by molar-refractivity contribution is 7.14. The van der Waals surface area contributed by atoms with Gasteiger partial charge in [0, 0.05) is 17.1 Å². The Bertz CT molecular complexity index is 961. The molecule has 6 heteroatoms. The van der Waals surface area contributed by atoms with Crippen LogP contribution in [0.1, 0.15) is 43.0 Å². The van der Waals surface area contributed by atoms with Gasteiger partial charge in [-0.3, -0.25) is 0 Å². The van der Waals surface area contributed by atoms with E-state index >= 15 is 0 Å². The average molecular weight is 412 g/mol. The molecule has 0 saturated carbocycles. The van der Waals surface area contributed by atoms with Crippen LogP contribution in [0.15, 0.2) is 41.9 Å². The molecule has 0 saturated heterocycles. The number of carbonyl (C=O) groups excluding carboxylic acids is 1. The molecule has 5 nitrogen and oxygen atoms in total. The Labute approximate surface area is 174 Å². The van der Waals surface area contributed by atoms with E-state index in [0.29, 0.717) is 25.4 Å². The van der Waals surface area contributed by atoms with Crippen LogP contribution < -0.4 is 9.47 Å². The quantitative estimate of drug-likeness (QED) is 0.369. The number of H-pyrrole nitrogens is 1. The molecular formula is C23H25NO4S. The SMILES string of the molecule is CCCCCCOC(=O)c1c[nH]c(-c2scc3c2OCCO3)c1-c1ccccc1. The van der Waals surface area contributed by atoms with E-state index in [0.717, 1.165) is 58.9 Å². The minimum atomic E-state index is -0.301. The summed E-state index contributed by atoms with van der Waals surface area (Å²) in [5, 5.41) is 1.95. The van der Waals surface area contributed by atoms with Crippen LogP contribution in [0.2, 0.25) is 0 Å². The molecule has 152 valence electrons. The number of carbonyl (C=O) groups is 1. The largest absolute Gasteiger partial charge is 0.485 e. The zero-order valence-corrected chi connectivity index (χ0v) is 17.3. The Morgan fingerprint density at radius 3 is 2.79 bits per heavy atom. The van der Waals surface area contributed by atoms with Crippen molar-refractivity contribution in [3.8, 4) is 33.2 Å². The highest BCUT2D eigenvalue weighted by Crippen LogP contribution is 2.48. The van der Waals surface area contributed by atoms with Crippen LogP contribution in [0.3, 0.4) is 0 Å². The maximum Gasteiger partial charge on any atom is 0.340 e. The molecule has 3 aromatic rings. The van der Waals surface area contributed by atoms with E-state index in [4.69, 9.17) is 14.2 Å². The number of hydrogen-bond acceptors (Lipinski definition) is 5. The monoisotopic (exact) mass is 411 g/mol. The Kier molecular flexibility index (Phi) is 6.20. The molecule has 1 aliphatic heterocycles. The molecule has 3 heterocycles. The summed E-state index contributed by atoms with van der Waals surface area (Å²) in [6.07, 6.45) is 6.02. The average Bonchev–Trinajstić information content (AvgIpc) is 3.38. The van der Waals surface area contributed by atoms with Crippen molar-refractivity contribution in [2.24, 2.45) is 0 Å². The summed E-state index contributed by atoms with van der Waals surface area (Å²) in [5.41, 5.74) is 3.19. The second-order valence-corrected chi connectivity index (χ2v) is 7.85. The minimum absolute atomic E-state index is 0.301. The molecule has 0 spiro atoms. The second-order valence-electron chi connectivity index (χ2n) is 6.97. The molecule has 0 radical (unpaired) electrons. The van der Waals surface area contributed by atoms with Gasteiger partial charge in [-0.15, -0.1) is 11.3 Å². The van der Waals surface area contributed by atoms with E-state index in [9.17, 15) is 4.79 Å². The number of fused-ring (bicyclic) bond motifs is 1. The summed E-state index contributed by atoms with van der Waals surface area (Å²) >= 11 is 1.55. The summed E-state index contributed by atoms with van der Waals surface area (Å²) in [4.78, 5) is 17.1. The van der Waals surface area contributed by atoms with Crippen LogP contribution in [0.5, 0.6) is 11.5 Å². The Balaban J connectivity index is 1.67. The number of rotatable bonds is 8. The predicted octanol–water partition coefficient (Wildman–Crippen LogP) is 5.92. The van der Waals surface area contributed by atoms with Gasteiger partial charge in [0.15, 0.2) is 11.5 Å². The second kappa shape index (κ2) is 9.18. The number of thiophene rings is 1. The van der Waals surface area contributed by atoms with E-state index in [-0.39, 0.29) is 5.97 Å². The van der Waals surface area contributed by atoms with Crippen molar-refractivity contribution < 1.29 is 19.0 Å². The van der Waals surface area contributed by atoms with Crippen LogP contribution in [0.25, 0.3) is 21.7 Å². The van der Waals surface area contributed by atoms with Gasteiger partial charge in [-0.05, 0) is 12.0 Å². The third-order valence-corrected chi connectivity index (χ3v) is 5.88. The number of unbranched alkanes of at least 4 members (excludes halogenated alkanes) is 3. The molecule has 4 rings (SSSR count). The topological polar surface area (TPSA) is 60.6 Å². The first-order chi connectivity index (χ1) is 14.3.